The number of carbonyl (C=O) groups excluding carboxylic acids is 1. The molecular weight excluding hydrogens is 426 g/mol. The van der Waals surface area contributed by atoms with Gasteiger partial charge in [-0.25, -0.2) is 0 Å². The van der Waals surface area contributed by atoms with Crippen molar-refractivity contribution in [3.05, 3.63) is 27.0 Å². The number of hydrogen-bond donors (Lipinski definition) is 0. The minimum absolute atomic E-state index is 0.0416. The van der Waals surface area contributed by atoms with Crippen molar-refractivity contribution in [2.24, 2.45) is 23.2 Å². The number of thiophene rings is 1. The van der Waals surface area contributed by atoms with Crippen LogP contribution in [0, 0.1) is 35.0 Å². The monoisotopic (exact) mass is 467 g/mol. The molecule has 0 N–H and O–H groups in total. The highest BCUT2D eigenvalue weighted by Gasteiger charge is 2.30. The topological polar surface area (TPSA) is 29.5 Å². The van der Waals surface area contributed by atoms with Crippen molar-refractivity contribution in [2.45, 2.75) is 72.6 Å². The van der Waals surface area contributed by atoms with Crippen molar-refractivity contribution in [3.63, 3.8) is 0 Å². The van der Waals surface area contributed by atoms with Gasteiger partial charge in [-0.3, -0.25) is 9.69 Å². The maximum Gasteiger partial charge on any atom is 0.160 e. The molecule has 1 aromatic heterocycles. The second-order valence-electron chi connectivity index (χ2n) is 11.5. The van der Waals surface area contributed by atoms with Crippen LogP contribution < -0.4 is 0 Å². The van der Waals surface area contributed by atoms with Gasteiger partial charge in [-0.2, -0.15) is 0 Å². The fourth-order valence-electron chi connectivity index (χ4n) is 5.64. The Labute approximate surface area is 205 Å². The Balaban J connectivity index is 1.65. The number of ether oxygens (including phenoxy) is 1. The Bertz CT molecular complexity index is 912. The standard InChI is InChI=1S/C29H41NO2S/c1-21-5-7-23(8-6-21)25-10-14-30(18-22-11-15-32-16-12-22)19-27(25)26-17-24(33-28(26)20-31)9-13-29(2,3)4/h17,20-23H,5-8,10-12,14-16,18-19H2,1-4H3. The van der Waals surface area contributed by atoms with E-state index in [4.69, 9.17) is 4.74 Å². The van der Waals surface area contributed by atoms with Gasteiger partial charge >= 0.3 is 0 Å². The number of aldehydes is 1. The summed E-state index contributed by atoms with van der Waals surface area (Å²) in [4.78, 5) is 16.6. The van der Waals surface area contributed by atoms with E-state index in [2.05, 4.69) is 50.5 Å². The van der Waals surface area contributed by atoms with Gasteiger partial charge < -0.3 is 4.74 Å². The first-order valence-electron chi connectivity index (χ1n) is 13.0. The quantitative estimate of drug-likeness (QED) is 0.358. The maximum atomic E-state index is 12.1. The van der Waals surface area contributed by atoms with Gasteiger partial charge in [0.05, 0.1) is 9.75 Å². The zero-order chi connectivity index (χ0) is 23.4. The van der Waals surface area contributed by atoms with Crippen molar-refractivity contribution in [1.29, 1.82) is 0 Å². The Morgan fingerprint density at radius 1 is 1.15 bits per heavy atom. The molecule has 4 heteroatoms. The van der Waals surface area contributed by atoms with Crippen LogP contribution in [-0.4, -0.2) is 44.0 Å². The summed E-state index contributed by atoms with van der Waals surface area (Å²) in [7, 11) is 0. The molecule has 4 rings (SSSR count). The smallest absolute Gasteiger partial charge is 0.160 e. The summed E-state index contributed by atoms with van der Waals surface area (Å²) in [6.45, 7) is 13.9. The van der Waals surface area contributed by atoms with Crippen LogP contribution in [0.25, 0.3) is 5.57 Å². The third-order valence-electron chi connectivity index (χ3n) is 7.59. The first-order valence-corrected chi connectivity index (χ1v) is 13.8. The largest absolute Gasteiger partial charge is 0.381 e. The van der Waals surface area contributed by atoms with Gasteiger partial charge in [-0.05, 0) is 82.3 Å². The Kier molecular flexibility index (Phi) is 8.15. The van der Waals surface area contributed by atoms with Crippen LogP contribution in [0.1, 0.15) is 92.8 Å². The molecule has 33 heavy (non-hydrogen) atoms. The molecular formula is C29H41NO2S. The first kappa shape index (κ1) is 24.7. The zero-order valence-corrected chi connectivity index (χ0v) is 21.9. The molecule has 1 saturated carbocycles. The van der Waals surface area contributed by atoms with Crippen LogP contribution in [0.4, 0.5) is 0 Å². The number of carbonyl (C=O) groups is 1. The fourth-order valence-corrected chi connectivity index (χ4v) is 6.50. The summed E-state index contributed by atoms with van der Waals surface area (Å²) in [6.07, 6.45) is 9.83. The maximum absolute atomic E-state index is 12.1. The lowest BCUT2D eigenvalue weighted by Crippen LogP contribution is -2.38. The van der Waals surface area contributed by atoms with E-state index in [0.29, 0.717) is 5.92 Å². The van der Waals surface area contributed by atoms with Gasteiger partial charge in [-0.1, -0.05) is 37.2 Å². The molecule has 0 amide bonds. The van der Waals surface area contributed by atoms with Crippen LogP contribution in [-0.2, 0) is 4.74 Å². The molecule has 3 aliphatic rings. The highest BCUT2D eigenvalue weighted by Crippen LogP contribution is 2.42. The van der Waals surface area contributed by atoms with Crippen LogP contribution in [0.2, 0.25) is 0 Å². The summed E-state index contributed by atoms with van der Waals surface area (Å²) in [5, 5.41) is 0. The van der Waals surface area contributed by atoms with Gasteiger partial charge in [0.1, 0.15) is 0 Å². The van der Waals surface area contributed by atoms with Gasteiger partial charge in [0, 0.05) is 43.8 Å². The Morgan fingerprint density at radius 2 is 1.88 bits per heavy atom. The second-order valence-corrected chi connectivity index (χ2v) is 12.6. The first-order chi connectivity index (χ1) is 15.8. The molecule has 1 saturated heterocycles. The summed E-state index contributed by atoms with van der Waals surface area (Å²) in [5.74, 6) is 8.98. The predicted octanol–water partition coefficient (Wildman–Crippen LogP) is 6.67. The van der Waals surface area contributed by atoms with E-state index in [0.717, 1.165) is 67.1 Å². The van der Waals surface area contributed by atoms with Crippen LogP contribution >= 0.6 is 11.3 Å². The van der Waals surface area contributed by atoms with Crippen molar-refractivity contribution >= 4 is 23.2 Å². The van der Waals surface area contributed by atoms with E-state index in [-0.39, 0.29) is 5.41 Å². The average Bonchev–Trinajstić information content (AvgIpc) is 3.22. The number of hydrogen-bond acceptors (Lipinski definition) is 4. The molecule has 2 aliphatic heterocycles. The molecule has 0 unspecified atom stereocenters. The highest BCUT2D eigenvalue weighted by atomic mass is 32.1. The van der Waals surface area contributed by atoms with Crippen LogP contribution in [0.15, 0.2) is 11.6 Å². The summed E-state index contributed by atoms with van der Waals surface area (Å²) >= 11 is 1.57. The van der Waals surface area contributed by atoms with Gasteiger partial charge in [0.15, 0.2) is 6.29 Å². The van der Waals surface area contributed by atoms with Crippen molar-refractivity contribution in [2.75, 3.05) is 32.8 Å². The SMILES string of the molecule is CC1CCC(C2=C(c3cc(C#CC(C)(C)C)sc3C=O)CN(CC3CCOCC3)CC2)CC1. The van der Waals surface area contributed by atoms with Crippen LogP contribution in [0.3, 0.4) is 0 Å². The summed E-state index contributed by atoms with van der Waals surface area (Å²) < 4.78 is 5.59. The molecule has 3 heterocycles. The molecule has 0 spiro atoms. The van der Waals surface area contributed by atoms with E-state index in [9.17, 15) is 4.79 Å². The normalized spacial score (nSPS) is 25.6. The lowest BCUT2D eigenvalue weighted by atomic mass is 9.75. The zero-order valence-electron chi connectivity index (χ0n) is 21.0. The highest BCUT2D eigenvalue weighted by molar-refractivity contribution is 7.14. The van der Waals surface area contributed by atoms with Gasteiger partial charge in [-0.15, -0.1) is 11.3 Å². The molecule has 0 aromatic carbocycles. The molecule has 0 atom stereocenters. The molecule has 1 aliphatic carbocycles. The van der Waals surface area contributed by atoms with E-state index < -0.39 is 0 Å². The minimum atomic E-state index is -0.0416. The van der Waals surface area contributed by atoms with E-state index in [1.165, 1.54) is 49.7 Å². The van der Waals surface area contributed by atoms with Crippen molar-refractivity contribution < 1.29 is 9.53 Å². The van der Waals surface area contributed by atoms with Gasteiger partial charge in [0.2, 0.25) is 0 Å². The summed E-state index contributed by atoms with van der Waals surface area (Å²) in [5.41, 5.74) is 4.20. The molecule has 0 bridgehead atoms. The van der Waals surface area contributed by atoms with E-state index in [1.54, 1.807) is 16.9 Å². The fraction of sp³-hybridized carbons (Fsp3) is 0.690. The van der Waals surface area contributed by atoms with E-state index in [1.807, 2.05) is 0 Å². The second kappa shape index (κ2) is 10.9. The van der Waals surface area contributed by atoms with E-state index >= 15 is 0 Å². The average molecular weight is 468 g/mol. The predicted molar refractivity (Wildman–Crippen MR) is 139 cm³/mol. The lowest BCUT2D eigenvalue weighted by molar-refractivity contribution is 0.0537. The van der Waals surface area contributed by atoms with Gasteiger partial charge in [0.25, 0.3) is 0 Å². The molecule has 1 aromatic rings. The van der Waals surface area contributed by atoms with Crippen molar-refractivity contribution in [3.8, 4) is 11.8 Å². The number of rotatable bonds is 5. The Hall–Kier alpha value is -1.41. The number of nitrogens with zero attached hydrogens (tertiary/aromatic N) is 1. The molecule has 2 fully saturated rings. The summed E-state index contributed by atoms with van der Waals surface area (Å²) in [6, 6.07) is 2.21. The van der Waals surface area contributed by atoms with Crippen molar-refractivity contribution in [1.82, 2.24) is 4.90 Å². The third kappa shape index (κ3) is 6.59. The molecule has 3 nitrogen and oxygen atoms in total. The molecule has 180 valence electrons. The Morgan fingerprint density at radius 3 is 2.55 bits per heavy atom. The minimum Gasteiger partial charge on any atom is -0.381 e. The lowest BCUT2D eigenvalue weighted by Gasteiger charge is -2.38. The third-order valence-corrected chi connectivity index (χ3v) is 8.56. The van der Waals surface area contributed by atoms with Crippen LogP contribution in [0.5, 0.6) is 0 Å². The molecule has 0 radical (unpaired) electrons.